The molecule has 82 valence electrons. The highest BCUT2D eigenvalue weighted by molar-refractivity contribution is 5.95. The zero-order valence-corrected chi connectivity index (χ0v) is 7.71. The van der Waals surface area contributed by atoms with Gasteiger partial charge in [0.15, 0.2) is 0 Å². The van der Waals surface area contributed by atoms with Crippen molar-refractivity contribution < 1.29 is 18.3 Å². The van der Waals surface area contributed by atoms with Crippen molar-refractivity contribution in [2.24, 2.45) is 0 Å². The highest BCUT2D eigenvalue weighted by Crippen LogP contribution is 2.23. The fraction of sp³-hybridized carbons (Fsp3) is 0.250. The lowest BCUT2D eigenvalue weighted by atomic mass is 10.1. The zero-order valence-electron chi connectivity index (χ0n) is 7.71. The summed E-state index contributed by atoms with van der Waals surface area (Å²) < 4.78 is 29.1. The van der Waals surface area contributed by atoms with Crippen LogP contribution in [0.4, 0.5) is 14.5 Å². The molecule has 0 unspecified atom stereocenters. The maximum absolute atomic E-state index is 12.4. The second kappa shape index (κ2) is 4.07. The molecule has 7 heteroatoms. The number of carbonyl (C=O) groups excluding carboxylic acids is 1. The van der Waals surface area contributed by atoms with Crippen LogP contribution in [-0.2, 0) is 4.74 Å². The van der Waals surface area contributed by atoms with Gasteiger partial charge >= 0.3 is 5.97 Å². The topological polar surface area (TPSA) is 85.2 Å². The number of methoxy groups -OCH3 is 1. The minimum absolute atomic E-state index is 0.285. The molecule has 0 aliphatic rings. The fourth-order valence-electron chi connectivity index (χ4n) is 1.06. The Morgan fingerprint density at radius 3 is 2.67 bits per heavy atom. The first-order valence-corrected chi connectivity index (χ1v) is 3.86. The molecule has 1 aromatic rings. The summed E-state index contributed by atoms with van der Waals surface area (Å²) >= 11 is 0. The van der Waals surface area contributed by atoms with Crippen molar-refractivity contribution in [3.63, 3.8) is 0 Å². The molecule has 0 radical (unpaired) electrons. The van der Waals surface area contributed by atoms with Gasteiger partial charge in [0.1, 0.15) is 5.56 Å². The number of nitrogen functional groups attached to an aromatic ring is 1. The Kier molecular flexibility index (Phi) is 3.03. The molecular formula is C8H8F2N2O3. The first kappa shape index (κ1) is 11.2. The van der Waals surface area contributed by atoms with Gasteiger partial charge in [0, 0.05) is 6.20 Å². The zero-order chi connectivity index (χ0) is 11.6. The van der Waals surface area contributed by atoms with Crippen LogP contribution < -0.4 is 11.3 Å². The standard InChI is InChI=1S/C8H8F2N2O3/c1-15-8(14)3-2-12-7(13)4(5(3)11)6(9)10/h2,6H,1H3,(H3,11,12,13). The van der Waals surface area contributed by atoms with Crippen LogP contribution in [0.25, 0.3) is 0 Å². The van der Waals surface area contributed by atoms with E-state index in [0.717, 1.165) is 13.3 Å². The summed E-state index contributed by atoms with van der Waals surface area (Å²) in [6.45, 7) is 0. The van der Waals surface area contributed by atoms with Gasteiger partial charge in [-0.15, -0.1) is 0 Å². The quantitative estimate of drug-likeness (QED) is 0.715. The number of hydrogen-bond donors (Lipinski definition) is 2. The normalized spacial score (nSPS) is 10.4. The van der Waals surface area contributed by atoms with Crippen molar-refractivity contribution in [2.45, 2.75) is 6.43 Å². The van der Waals surface area contributed by atoms with E-state index in [4.69, 9.17) is 5.73 Å². The number of alkyl halides is 2. The molecule has 0 aromatic carbocycles. The molecule has 1 rings (SSSR count). The number of pyridine rings is 1. The Morgan fingerprint density at radius 2 is 2.20 bits per heavy atom. The molecule has 0 aliphatic heterocycles. The van der Waals surface area contributed by atoms with Crippen molar-refractivity contribution in [2.75, 3.05) is 12.8 Å². The van der Waals surface area contributed by atoms with Crippen molar-refractivity contribution in [1.82, 2.24) is 4.98 Å². The van der Waals surface area contributed by atoms with Gasteiger partial charge in [-0.2, -0.15) is 0 Å². The van der Waals surface area contributed by atoms with Crippen LogP contribution in [0.2, 0.25) is 0 Å². The number of carbonyl (C=O) groups is 1. The molecule has 5 nitrogen and oxygen atoms in total. The summed E-state index contributed by atoms with van der Waals surface area (Å²) in [6, 6.07) is 0. The van der Waals surface area contributed by atoms with Gasteiger partial charge in [-0.05, 0) is 0 Å². The lowest BCUT2D eigenvalue weighted by Gasteiger charge is -2.07. The summed E-state index contributed by atoms with van der Waals surface area (Å²) in [5, 5.41) is 0. The van der Waals surface area contributed by atoms with E-state index in [2.05, 4.69) is 4.74 Å². The molecule has 3 N–H and O–H groups in total. The van der Waals surface area contributed by atoms with E-state index in [9.17, 15) is 18.4 Å². The predicted molar refractivity (Wildman–Crippen MR) is 47.8 cm³/mol. The average Bonchev–Trinajstić information content (AvgIpc) is 2.16. The Hall–Kier alpha value is -1.92. The molecule has 0 saturated carbocycles. The first-order valence-electron chi connectivity index (χ1n) is 3.86. The van der Waals surface area contributed by atoms with E-state index in [1.54, 1.807) is 0 Å². The summed E-state index contributed by atoms with van der Waals surface area (Å²) in [6.07, 6.45) is -2.10. The van der Waals surface area contributed by atoms with Gasteiger partial charge in [-0.1, -0.05) is 0 Å². The number of ether oxygens (including phenoxy) is 1. The van der Waals surface area contributed by atoms with E-state index < -0.39 is 29.2 Å². The Bertz CT molecular complexity index is 442. The number of halogens is 2. The number of nitrogens with one attached hydrogen (secondary N) is 1. The molecule has 1 heterocycles. The molecule has 0 amide bonds. The van der Waals surface area contributed by atoms with Crippen molar-refractivity contribution in [1.29, 1.82) is 0 Å². The van der Waals surface area contributed by atoms with E-state index >= 15 is 0 Å². The molecule has 1 aromatic heterocycles. The van der Waals surface area contributed by atoms with Gasteiger partial charge in [0.25, 0.3) is 12.0 Å². The summed E-state index contributed by atoms with van der Waals surface area (Å²) in [7, 11) is 1.08. The second-order valence-electron chi connectivity index (χ2n) is 2.65. The van der Waals surface area contributed by atoms with E-state index in [1.165, 1.54) is 0 Å². The van der Waals surface area contributed by atoms with Crippen LogP contribution in [0.1, 0.15) is 22.3 Å². The lowest BCUT2D eigenvalue weighted by Crippen LogP contribution is -2.19. The van der Waals surface area contributed by atoms with Crippen LogP contribution in [-0.4, -0.2) is 18.1 Å². The molecule has 0 fully saturated rings. The smallest absolute Gasteiger partial charge is 0.341 e. The third-order valence-electron chi connectivity index (χ3n) is 1.80. The summed E-state index contributed by atoms with van der Waals surface area (Å²) in [5.74, 6) is -0.884. The number of aromatic amines is 1. The third kappa shape index (κ3) is 1.95. The summed E-state index contributed by atoms with van der Waals surface area (Å²) in [4.78, 5) is 24.0. The van der Waals surface area contributed by atoms with Crippen LogP contribution in [0.15, 0.2) is 11.0 Å². The third-order valence-corrected chi connectivity index (χ3v) is 1.80. The number of hydrogen-bond acceptors (Lipinski definition) is 4. The number of anilines is 1. The maximum atomic E-state index is 12.4. The molecule has 0 bridgehead atoms. The molecule has 0 atom stereocenters. The molecule has 0 spiro atoms. The SMILES string of the molecule is COC(=O)c1c[nH]c(=O)c(C(F)F)c1N. The minimum Gasteiger partial charge on any atom is -0.465 e. The van der Waals surface area contributed by atoms with Crippen LogP contribution in [0, 0.1) is 0 Å². The van der Waals surface area contributed by atoms with Gasteiger partial charge in [-0.25, -0.2) is 13.6 Å². The molecule has 15 heavy (non-hydrogen) atoms. The van der Waals surface area contributed by atoms with Gasteiger partial charge in [0.05, 0.1) is 18.4 Å². The van der Waals surface area contributed by atoms with Gasteiger partial charge in [0.2, 0.25) is 0 Å². The fourth-order valence-corrected chi connectivity index (χ4v) is 1.06. The van der Waals surface area contributed by atoms with E-state index in [1.807, 2.05) is 4.98 Å². The highest BCUT2D eigenvalue weighted by Gasteiger charge is 2.22. The van der Waals surface area contributed by atoms with Crippen molar-refractivity contribution in [3.8, 4) is 0 Å². The highest BCUT2D eigenvalue weighted by atomic mass is 19.3. The van der Waals surface area contributed by atoms with E-state index in [-0.39, 0.29) is 5.56 Å². The minimum atomic E-state index is -3.04. The molecular weight excluding hydrogens is 210 g/mol. The second-order valence-corrected chi connectivity index (χ2v) is 2.65. The number of H-pyrrole nitrogens is 1. The predicted octanol–water partition coefficient (Wildman–Crippen LogP) is 0.681. The van der Waals surface area contributed by atoms with Gasteiger partial charge in [-0.3, -0.25) is 4.79 Å². The van der Waals surface area contributed by atoms with Crippen molar-refractivity contribution in [3.05, 3.63) is 27.7 Å². The van der Waals surface area contributed by atoms with Crippen molar-refractivity contribution >= 4 is 11.7 Å². The Labute approximate surface area is 82.9 Å². The summed E-state index contributed by atoms with van der Waals surface area (Å²) in [5.41, 5.74) is 2.48. The first-order chi connectivity index (χ1) is 6.99. The molecule has 0 aliphatic carbocycles. The van der Waals surface area contributed by atoms with Crippen LogP contribution in [0.5, 0.6) is 0 Å². The largest absolute Gasteiger partial charge is 0.465 e. The lowest BCUT2D eigenvalue weighted by molar-refractivity contribution is 0.0601. The Morgan fingerprint density at radius 1 is 1.60 bits per heavy atom. The van der Waals surface area contributed by atoms with Crippen LogP contribution in [0.3, 0.4) is 0 Å². The van der Waals surface area contributed by atoms with Gasteiger partial charge < -0.3 is 15.5 Å². The number of esters is 1. The monoisotopic (exact) mass is 218 g/mol. The molecule has 0 saturated heterocycles. The average molecular weight is 218 g/mol. The maximum Gasteiger partial charge on any atom is 0.341 e. The number of rotatable bonds is 2. The van der Waals surface area contributed by atoms with E-state index in [0.29, 0.717) is 0 Å². The number of nitrogens with two attached hydrogens (primary N) is 1. The van der Waals surface area contributed by atoms with Crippen LogP contribution >= 0.6 is 0 Å². The number of aromatic nitrogens is 1. The Balaban J connectivity index is 3.41.